The average Bonchev–Trinajstić information content (AvgIpc) is 2.93. The van der Waals surface area contributed by atoms with Crippen LogP contribution in [0.4, 0.5) is 0 Å². The van der Waals surface area contributed by atoms with E-state index in [9.17, 15) is 4.79 Å². The number of hydrogen-bond donors (Lipinski definition) is 0. The van der Waals surface area contributed by atoms with Crippen LogP contribution in [0.3, 0.4) is 0 Å². The maximum atomic E-state index is 12.4. The standard InChI is InChI=1S/C17H21ClO4/c1-17(2)9-13(19)11-8-12(18)15(20-3)16(14(11)22-17)21-10-6-4-5-7-10/h8,10H,4-7,9H2,1-3H3. The predicted molar refractivity (Wildman–Crippen MR) is 84.5 cm³/mol. The summed E-state index contributed by atoms with van der Waals surface area (Å²) in [6.07, 6.45) is 4.76. The van der Waals surface area contributed by atoms with E-state index in [1.54, 1.807) is 13.2 Å². The number of benzene rings is 1. The number of ketones is 1. The molecule has 1 saturated carbocycles. The van der Waals surface area contributed by atoms with E-state index in [2.05, 4.69) is 0 Å². The molecule has 0 saturated heterocycles. The van der Waals surface area contributed by atoms with Crippen molar-refractivity contribution < 1.29 is 19.0 Å². The summed E-state index contributed by atoms with van der Waals surface area (Å²) in [5.41, 5.74) is -0.0744. The van der Waals surface area contributed by atoms with E-state index in [0.29, 0.717) is 34.3 Å². The van der Waals surface area contributed by atoms with Crippen LogP contribution in [-0.2, 0) is 0 Å². The summed E-state index contributed by atoms with van der Waals surface area (Å²) in [5.74, 6) is 1.40. The summed E-state index contributed by atoms with van der Waals surface area (Å²) in [6, 6.07) is 1.62. The summed E-state index contributed by atoms with van der Waals surface area (Å²) < 4.78 is 17.6. The van der Waals surface area contributed by atoms with E-state index >= 15 is 0 Å². The molecule has 1 heterocycles. The minimum Gasteiger partial charge on any atom is -0.491 e. The number of hydrogen-bond acceptors (Lipinski definition) is 4. The Labute approximate surface area is 135 Å². The number of fused-ring (bicyclic) bond motifs is 1. The van der Waals surface area contributed by atoms with Gasteiger partial charge in [-0.1, -0.05) is 11.6 Å². The van der Waals surface area contributed by atoms with Crippen LogP contribution in [0.1, 0.15) is 56.3 Å². The van der Waals surface area contributed by atoms with Crippen LogP contribution in [-0.4, -0.2) is 24.6 Å². The van der Waals surface area contributed by atoms with Gasteiger partial charge in [-0.05, 0) is 45.6 Å². The van der Waals surface area contributed by atoms with Gasteiger partial charge in [-0.3, -0.25) is 4.79 Å². The first-order valence-electron chi connectivity index (χ1n) is 7.70. The zero-order valence-electron chi connectivity index (χ0n) is 13.2. The monoisotopic (exact) mass is 324 g/mol. The molecule has 1 aliphatic carbocycles. The van der Waals surface area contributed by atoms with Crippen LogP contribution in [0.25, 0.3) is 0 Å². The predicted octanol–water partition coefficient (Wildman–Crippen LogP) is 4.41. The van der Waals surface area contributed by atoms with Crippen molar-refractivity contribution in [3.05, 3.63) is 16.7 Å². The molecule has 120 valence electrons. The van der Waals surface area contributed by atoms with Gasteiger partial charge in [0.1, 0.15) is 5.60 Å². The highest BCUT2D eigenvalue weighted by Gasteiger charge is 2.37. The van der Waals surface area contributed by atoms with Crippen LogP contribution in [0.5, 0.6) is 17.2 Å². The van der Waals surface area contributed by atoms with Crippen molar-refractivity contribution in [2.24, 2.45) is 0 Å². The molecule has 2 aliphatic rings. The lowest BCUT2D eigenvalue weighted by Crippen LogP contribution is -2.36. The quantitative estimate of drug-likeness (QED) is 0.826. The van der Waals surface area contributed by atoms with Crippen LogP contribution >= 0.6 is 11.6 Å². The second-order valence-corrected chi connectivity index (χ2v) is 6.99. The molecule has 4 nitrogen and oxygen atoms in total. The van der Waals surface area contributed by atoms with Gasteiger partial charge in [-0.15, -0.1) is 0 Å². The first-order valence-corrected chi connectivity index (χ1v) is 8.08. The normalized spacial score (nSPS) is 20.5. The fourth-order valence-electron chi connectivity index (χ4n) is 3.16. The number of methoxy groups -OCH3 is 1. The molecule has 3 rings (SSSR count). The van der Waals surface area contributed by atoms with Crippen molar-refractivity contribution in [1.82, 2.24) is 0 Å². The van der Waals surface area contributed by atoms with Gasteiger partial charge in [-0.2, -0.15) is 0 Å². The molecule has 0 spiro atoms. The second-order valence-electron chi connectivity index (χ2n) is 6.58. The number of ether oxygens (including phenoxy) is 3. The van der Waals surface area contributed by atoms with Gasteiger partial charge in [-0.25, -0.2) is 0 Å². The van der Waals surface area contributed by atoms with Crippen LogP contribution in [0, 0.1) is 0 Å². The maximum Gasteiger partial charge on any atom is 0.206 e. The lowest BCUT2D eigenvalue weighted by atomic mass is 9.92. The SMILES string of the molecule is COc1c(Cl)cc2c(c1OC1CCCC1)OC(C)(C)CC2=O. The lowest BCUT2D eigenvalue weighted by Gasteiger charge is -2.33. The first kappa shape index (κ1) is 15.5. The van der Waals surface area contributed by atoms with Crippen molar-refractivity contribution in [1.29, 1.82) is 0 Å². The zero-order chi connectivity index (χ0) is 15.9. The third-order valence-electron chi connectivity index (χ3n) is 4.20. The van der Waals surface area contributed by atoms with E-state index < -0.39 is 5.60 Å². The minimum atomic E-state index is -0.559. The Bertz CT molecular complexity index is 603. The molecule has 0 atom stereocenters. The van der Waals surface area contributed by atoms with Gasteiger partial charge in [0.15, 0.2) is 17.3 Å². The van der Waals surface area contributed by atoms with E-state index in [0.717, 1.165) is 25.7 Å². The molecule has 1 aromatic rings. The van der Waals surface area contributed by atoms with Crippen molar-refractivity contribution in [2.75, 3.05) is 7.11 Å². The van der Waals surface area contributed by atoms with Crippen LogP contribution in [0.15, 0.2) is 6.07 Å². The fraction of sp³-hybridized carbons (Fsp3) is 0.588. The van der Waals surface area contributed by atoms with Gasteiger partial charge in [0.05, 0.1) is 30.2 Å². The Hall–Kier alpha value is -1.42. The smallest absolute Gasteiger partial charge is 0.206 e. The molecular weight excluding hydrogens is 304 g/mol. The molecule has 0 radical (unpaired) electrons. The summed E-state index contributed by atoms with van der Waals surface area (Å²) in [4.78, 5) is 12.4. The fourth-order valence-corrected chi connectivity index (χ4v) is 3.44. The number of carbonyl (C=O) groups excluding carboxylic acids is 1. The molecule has 5 heteroatoms. The number of Topliss-reactive ketones (excluding diaryl/α,β-unsaturated/α-hetero) is 1. The molecule has 0 amide bonds. The largest absolute Gasteiger partial charge is 0.491 e. The van der Waals surface area contributed by atoms with Gasteiger partial charge >= 0.3 is 0 Å². The highest BCUT2D eigenvalue weighted by atomic mass is 35.5. The molecule has 1 aliphatic heterocycles. The summed E-state index contributed by atoms with van der Waals surface area (Å²) >= 11 is 6.28. The Morgan fingerprint density at radius 2 is 1.95 bits per heavy atom. The molecule has 0 unspecified atom stereocenters. The molecule has 0 bridgehead atoms. The highest BCUT2D eigenvalue weighted by Crippen LogP contribution is 2.50. The molecular formula is C17H21ClO4. The van der Waals surface area contributed by atoms with Crippen molar-refractivity contribution in [3.63, 3.8) is 0 Å². The average molecular weight is 325 g/mol. The van der Waals surface area contributed by atoms with Crippen LogP contribution < -0.4 is 14.2 Å². The molecule has 1 aromatic carbocycles. The minimum absolute atomic E-state index is 0.0204. The molecule has 1 fully saturated rings. The third-order valence-corrected chi connectivity index (χ3v) is 4.48. The summed E-state index contributed by atoms with van der Waals surface area (Å²) in [6.45, 7) is 3.79. The van der Waals surface area contributed by atoms with Crippen molar-refractivity contribution in [2.45, 2.75) is 57.7 Å². The third kappa shape index (κ3) is 2.76. The van der Waals surface area contributed by atoms with Gasteiger partial charge in [0, 0.05) is 0 Å². The lowest BCUT2D eigenvalue weighted by molar-refractivity contribution is 0.0575. The number of rotatable bonds is 3. The van der Waals surface area contributed by atoms with Gasteiger partial charge < -0.3 is 14.2 Å². The number of carbonyl (C=O) groups is 1. The first-order chi connectivity index (χ1) is 10.4. The van der Waals surface area contributed by atoms with E-state index in [1.165, 1.54) is 0 Å². The molecule has 0 aromatic heterocycles. The summed E-state index contributed by atoms with van der Waals surface area (Å²) in [7, 11) is 1.55. The van der Waals surface area contributed by atoms with Crippen molar-refractivity contribution >= 4 is 17.4 Å². The Balaban J connectivity index is 2.10. The topological polar surface area (TPSA) is 44.8 Å². The van der Waals surface area contributed by atoms with E-state index in [4.69, 9.17) is 25.8 Å². The van der Waals surface area contributed by atoms with Gasteiger partial charge in [0.2, 0.25) is 5.75 Å². The Kier molecular flexibility index (Phi) is 3.98. The summed E-state index contributed by atoms with van der Waals surface area (Å²) in [5, 5.41) is 0.380. The van der Waals surface area contributed by atoms with E-state index in [-0.39, 0.29) is 11.9 Å². The number of halogens is 1. The van der Waals surface area contributed by atoms with E-state index in [1.807, 2.05) is 13.8 Å². The molecule has 0 N–H and O–H groups in total. The highest BCUT2D eigenvalue weighted by molar-refractivity contribution is 6.33. The zero-order valence-corrected chi connectivity index (χ0v) is 14.0. The van der Waals surface area contributed by atoms with Crippen molar-refractivity contribution in [3.8, 4) is 17.2 Å². The second kappa shape index (κ2) is 5.65. The Morgan fingerprint density at radius 1 is 1.27 bits per heavy atom. The molecule has 22 heavy (non-hydrogen) atoms. The van der Waals surface area contributed by atoms with Gasteiger partial charge in [0.25, 0.3) is 0 Å². The van der Waals surface area contributed by atoms with Crippen LogP contribution in [0.2, 0.25) is 5.02 Å². The maximum absolute atomic E-state index is 12.4. The Morgan fingerprint density at radius 3 is 2.59 bits per heavy atom.